The van der Waals surface area contributed by atoms with Crippen LogP contribution in [0.4, 0.5) is 0 Å². The van der Waals surface area contributed by atoms with E-state index in [2.05, 4.69) is 10.5 Å². The van der Waals surface area contributed by atoms with Crippen LogP contribution in [0.2, 0.25) is 0 Å². The predicted molar refractivity (Wildman–Crippen MR) is 115 cm³/mol. The molecule has 0 bridgehead atoms. The Hall–Kier alpha value is -3.32. The van der Waals surface area contributed by atoms with E-state index in [0.29, 0.717) is 23.8 Å². The first-order valence-electron chi connectivity index (χ1n) is 9.68. The molecule has 1 aromatic heterocycles. The van der Waals surface area contributed by atoms with E-state index in [4.69, 9.17) is 14.0 Å². The Bertz CT molecular complexity index is 970. The second kappa shape index (κ2) is 9.93. The molecule has 158 valence electrons. The van der Waals surface area contributed by atoms with Gasteiger partial charge in [0.2, 0.25) is 5.91 Å². The molecule has 7 heteroatoms. The van der Waals surface area contributed by atoms with Gasteiger partial charge in [0.05, 0.1) is 26.7 Å². The molecular weight excluding hydrogens is 382 g/mol. The van der Waals surface area contributed by atoms with Gasteiger partial charge >= 0.3 is 0 Å². The average Bonchev–Trinajstić information content (AvgIpc) is 3.22. The number of ether oxygens (including phenoxy) is 2. The molecule has 0 saturated carbocycles. The van der Waals surface area contributed by atoms with Crippen molar-refractivity contribution < 1.29 is 18.8 Å². The van der Waals surface area contributed by atoms with Gasteiger partial charge in [-0.25, -0.2) is 0 Å². The lowest BCUT2D eigenvalue weighted by atomic mass is 10.0. The fourth-order valence-corrected chi connectivity index (χ4v) is 3.23. The normalized spacial score (nSPS) is 11.9. The quantitative estimate of drug-likeness (QED) is 0.584. The van der Waals surface area contributed by atoms with Gasteiger partial charge in [0.15, 0.2) is 11.5 Å². The molecule has 0 radical (unpaired) electrons. The molecule has 3 rings (SSSR count). The lowest BCUT2D eigenvalue weighted by Gasteiger charge is -2.25. The van der Waals surface area contributed by atoms with E-state index >= 15 is 0 Å². The van der Waals surface area contributed by atoms with Gasteiger partial charge in [-0.2, -0.15) is 0 Å². The molecule has 0 saturated heterocycles. The molecule has 0 aliphatic carbocycles. The summed E-state index contributed by atoms with van der Waals surface area (Å²) in [4.78, 5) is 14.5. The van der Waals surface area contributed by atoms with Crippen molar-refractivity contribution in [2.24, 2.45) is 0 Å². The highest BCUT2D eigenvalue weighted by atomic mass is 16.5. The number of carbonyl (C=O) groups excluding carboxylic acids is 1. The summed E-state index contributed by atoms with van der Waals surface area (Å²) in [6, 6.07) is 17.3. The predicted octanol–water partition coefficient (Wildman–Crippen LogP) is 3.32. The van der Waals surface area contributed by atoms with Crippen molar-refractivity contribution >= 4 is 5.91 Å². The van der Waals surface area contributed by atoms with Crippen molar-refractivity contribution in [3.63, 3.8) is 0 Å². The lowest BCUT2D eigenvalue weighted by molar-refractivity contribution is -0.120. The lowest BCUT2D eigenvalue weighted by Crippen LogP contribution is -2.35. The summed E-state index contributed by atoms with van der Waals surface area (Å²) in [5, 5.41) is 7.04. The third kappa shape index (κ3) is 5.18. The maximum absolute atomic E-state index is 12.5. The zero-order valence-corrected chi connectivity index (χ0v) is 17.7. The van der Waals surface area contributed by atoms with Crippen LogP contribution in [0.5, 0.6) is 11.5 Å². The van der Waals surface area contributed by atoms with E-state index < -0.39 is 0 Å². The summed E-state index contributed by atoms with van der Waals surface area (Å²) in [5.41, 5.74) is 2.69. The van der Waals surface area contributed by atoms with Crippen LogP contribution in [0.15, 0.2) is 59.1 Å². The molecule has 0 aliphatic heterocycles. The second-order valence-corrected chi connectivity index (χ2v) is 7.12. The van der Waals surface area contributed by atoms with E-state index in [1.807, 2.05) is 67.5 Å². The molecule has 0 fully saturated rings. The van der Waals surface area contributed by atoms with Crippen LogP contribution in [-0.4, -0.2) is 50.8 Å². The summed E-state index contributed by atoms with van der Waals surface area (Å²) < 4.78 is 16.0. The first-order valence-corrected chi connectivity index (χ1v) is 9.68. The number of nitrogens with zero attached hydrogens (tertiary/aromatic N) is 2. The van der Waals surface area contributed by atoms with Crippen molar-refractivity contribution in [1.82, 2.24) is 15.4 Å². The van der Waals surface area contributed by atoms with Crippen molar-refractivity contribution in [3.8, 4) is 22.8 Å². The third-order valence-corrected chi connectivity index (χ3v) is 4.87. The number of hydrogen-bond acceptors (Lipinski definition) is 6. The Morgan fingerprint density at radius 3 is 2.47 bits per heavy atom. The Labute approximate surface area is 176 Å². The van der Waals surface area contributed by atoms with E-state index in [0.717, 1.165) is 16.8 Å². The molecule has 1 atom stereocenters. The van der Waals surface area contributed by atoms with Crippen LogP contribution in [0.1, 0.15) is 17.4 Å². The summed E-state index contributed by atoms with van der Waals surface area (Å²) in [6.07, 6.45) is 0.131. The van der Waals surface area contributed by atoms with Crippen LogP contribution in [0, 0.1) is 0 Å². The van der Waals surface area contributed by atoms with Crippen molar-refractivity contribution in [3.05, 3.63) is 65.9 Å². The highest BCUT2D eigenvalue weighted by Gasteiger charge is 2.18. The van der Waals surface area contributed by atoms with Crippen molar-refractivity contribution in [1.29, 1.82) is 0 Å². The van der Waals surface area contributed by atoms with Crippen LogP contribution in [-0.2, 0) is 11.2 Å². The maximum atomic E-state index is 12.5. The van der Waals surface area contributed by atoms with Crippen molar-refractivity contribution in [2.75, 3.05) is 34.9 Å². The van der Waals surface area contributed by atoms with Crippen LogP contribution >= 0.6 is 0 Å². The number of hydrogen-bond donors (Lipinski definition) is 1. The zero-order valence-electron chi connectivity index (χ0n) is 17.7. The third-order valence-electron chi connectivity index (χ3n) is 4.87. The molecule has 30 heavy (non-hydrogen) atoms. The number of nitrogens with one attached hydrogen (secondary N) is 1. The fraction of sp³-hybridized carbons (Fsp3) is 0.304. The molecular formula is C23H27N3O4. The van der Waals surface area contributed by atoms with Gasteiger partial charge in [0.1, 0.15) is 11.5 Å². The second-order valence-electron chi connectivity index (χ2n) is 7.12. The molecule has 1 unspecified atom stereocenters. The summed E-state index contributed by atoms with van der Waals surface area (Å²) in [7, 11) is 7.15. The number of aromatic nitrogens is 1. The standard InChI is InChI=1S/C23H27N3O4/c1-26(2)20(17-10-11-21(28-3)22(12-17)29-4)15-24-23(27)14-18-13-19(25-30-18)16-8-6-5-7-9-16/h5-13,20H,14-15H2,1-4H3,(H,24,27). The van der Waals surface area contributed by atoms with Gasteiger partial charge in [-0.1, -0.05) is 41.6 Å². The number of carbonyl (C=O) groups is 1. The minimum Gasteiger partial charge on any atom is -0.493 e. The highest BCUT2D eigenvalue weighted by molar-refractivity contribution is 5.78. The van der Waals surface area contributed by atoms with E-state index in [9.17, 15) is 4.79 Å². The van der Waals surface area contributed by atoms with E-state index in [-0.39, 0.29) is 18.4 Å². The molecule has 1 N–H and O–H groups in total. The maximum Gasteiger partial charge on any atom is 0.227 e. The first-order chi connectivity index (χ1) is 14.5. The number of likely N-dealkylation sites (N-methyl/N-ethyl adjacent to an activating group) is 1. The van der Waals surface area contributed by atoms with Crippen LogP contribution in [0.3, 0.4) is 0 Å². The van der Waals surface area contributed by atoms with Gasteiger partial charge in [-0.3, -0.25) is 4.79 Å². The Balaban J connectivity index is 1.63. The zero-order chi connectivity index (χ0) is 21.5. The molecule has 7 nitrogen and oxygen atoms in total. The number of amides is 1. The highest BCUT2D eigenvalue weighted by Crippen LogP contribution is 2.31. The van der Waals surface area contributed by atoms with Crippen molar-refractivity contribution in [2.45, 2.75) is 12.5 Å². The monoisotopic (exact) mass is 409 g/mol. The van der Waals surface area contributed by atoms with Crippen LogP contribution < -0.4 is 14.8 Å². The summed E-state index contributed by atoms with van der Waals surface area (Å²) in [5.74, 6) is 1.72. The number of rotatable bonds is 9. The number of benzene rings is 2. The van der Waals surface area contributed by atoms with Gasteiger partial charge in [-0.05, 0) is 31.8 Å². The van der Waals surface area contributed by atoms with E-state index in [1.54, 1.807) is 20.3 Å². The van der Waals surface area contributed by atoms with Crippen LogP contribution in [0.25, 0.3) is 11.3 Å². The molecule has 2 aromatic carbocycles. The topological polar surface area (TPSA) is 76.8 Å². The first kappa shape index (κ1) is 21.4. The molecule has 1 amide bonds. The SMILES string of the molecule is COc1ccc(C(CNC(=O)Cc2cc(-c3ccccc3)no2)N(C)C)cc1OC. The Morgan fingerprint density at radius 2 is 1.80 bits per heavy atom. The minimum absolute atomic E-state index is 0.0247. The van der Waals surface area contributed by atoms with Gasteiger partial charge in [0.25, 0.3) is 0 Å². The summed E-state index contributed by atoms with van der Waals surface area (Å²) in [6.45, 7) is 0.445. The fourth-order valence-electron chi connectivity index (χ4n) is 3.23. The average molecular weight is 409 g/mol. The molecule has 0 aliphatic rings. The Kier molecular flexibility index (Phi) is 7.08. The molecule has 3 aromatic rings. The molecule has 0 spiro atoms. The number of methoxy groups -OCH3 is 2. The smallest absolute Gasteiger partial charge is 0.227 e. The molecule has 1 heterocycles. The van der Waals surface area contributed by atoms with Gasteiger partial charge < -0.3 is 24.2 Å². The largest absolute Gasteiger partial charge is 0.493 e. The Morgan fingerprint density at radius 1 is 1.07 bits per heavy atom. The van der Waals surface area contributed by atoms with E-state index in [1.165, 1.54) is 0 Å². The van der Waals surface area contributed by atoms with Gasteiger partial charge in [-0.15, -0.1) is 0 Å². The van der Waals surface area contributed by atoms with Gasteiger partial charge in [0, 0.05) is 18.2 Å². The minimum atomic E-state index is -0.127. The summed E-state index contributed by atoms with van der Waals surface area (Å²) >= 11 is 0.